The van der Waals surface area contributed by atoms with Crippen LogP contribution in [0.2, 0.25) is 0 Å². The molecule has 3 atom stereocenters. The molecule has 1 heterocycles. The quantitative estimate of drug-likeness (QED) is 0.797. The summed E-state index contributed by atoms with van der Waals surface area (Å²) < 4.78 is 0. The summed E-state index contributed by atoms with van der Waals surface area (Å²) in [4.78, 5) is 14.1. The van der Waals surface area contributed by atoms with Crippen molar-refractivity contribution in [3.8, 4) is 0 Å². The minimum Gasteiger partial charge on any atom is -0.391 e. The molecule has 1 aliphatic heterocycles. The van der Waals surface area contributed by atoms with Gasteiger partial charge >= 0.3 is 6.03 Å². The van der Waals surface area contributed by atoms with Crippen molar-refractivity contribution >= 4 is 6.03 Å². The van der Waals surface area contributed by atoms with E-state index in [9.17, 15) is 9.90 Å². The maximum absolute atomic E-state index is 12.2. The third-order valence-electron chi connectivity index (χ3n) is 3.87. The molecular weight excluding hydrogens is 228 g/mol. The van der Waals surface area contributed by atoms with Crippen LogP contribution in [0, 0.1) is 5.41 Å². The topological polar surface area (TPSA) is 52.6 Å². The number of nitrogens with one attached hydrogen (secondary N) is 1. The molecule has 1 aliphatic rings. The van der Waals surface area contributed by atoms with Crippen LogP contribution in [0.25, 0.3) is 0 Å². The van der Waals surface area contributed by atoms with Gasteiger partial charge in [0.1, 0.15) is 0 Å². The molecule has 1 saturated heterocycles. The Morgan fingerprint density at radius 2 is 1.83 bits per heavy atom. The average molecular weight is 256 g/mol. The first-order valence-corrected chi connectivity index (χ1v) is 6.97. The first kappa shape index (κ1) is 15.3. The van der Waals surface area contributed by atoms with E-state index in [1.54, 1.807) is 0 Å². The minimum absolute atomic E-state index is 0.0435. The fraction of sp³-hybridized carbons (Fsp3) is 0.929. The lowest BCUT2D eigenvalue weighted by molar-refractivity contribution is 0.0599. The Hall–Kier alpha value is -0.770. The molecule has 18 heavy (non-hydrogen) atoms. The Morgan fingerprint density at radius 1 is 1.33 bits per heavy atom. The van der Waals surface area contributed by atoms with Gasteiger partial charge in [0.05, 0.1) is 6.10 Å². The molecule has 106 valence electrons. The zero-order chi connectivity index (χ0) is 13.9. The molecule has 2 N–H and O–H groups in total. The van der Waals surface area contributed by atoms with Crippen LogP contribution in [0.5, 0.6) is 0 Å². The van der Waals surface area contributed by atoms with Crippen LogP contribution in [-0.2, 0) is 0 Å². The number of nitrogens with zero attached hydrogens (tertiary/aromatic N) is 1. The molecule has 3 unspecified atom stereocenters. The second-order valence-electron chi connectivity index (χ2n) is 6.60. The van der Waals surface area contributed by atoms with Gasteiger partial charge in [0.25, 0.3) is 0 Å². The summed E-state index contributed by atoms with van der Waals surface area (Å²) >= 11 is 0. The van der Waals surface area contributed by atoms with E-state index in [4.69, 9.17) is 0 Å². The predicted octanol–water partition coefficient (Wildman–Crippen LogP) is 2.37. The van der Waals surface area contributed by atoms with Gasteiger partial charge in [-0.25, -0.2) is 4.79 Å². The number of hydrogen-bond donors (Lipinski definition) is 2. The number of rotatable bonds is 2. The second kappa shape index (κ2) is 5.91. The summed E-state index contributed by atoms with van der Waals surface area (Å²) in [7, 11) is 0. The van der Waals surface area contributed by atoms with Gasteiger partial charge in [0.2, 0.25) is 0 Å². The number of carbonyl (C=O) groups excluding carboxylic acids is 1. The number of aliphatic hydroxyl groups excluding tert-OH is 1. The van der Waals surface area contributed by atoms with Crippen LogP contribution in [0.1, 0.15) is 53.9 Å². The van der Waals surface area contributed by atoms with Gasteiger partial charge in [-0.05, 0) is 38.5 Å². The monoisotopic (exact) mass is 256 g/mol. The van der Waals surface area contributed by atoms with Crippen LogP contribution in [0.4, 0.5) is 4.79 Å². The van der Waals surface area contributed by atoms with Gasteiger partial charge in [-0.3, -0.25) is 0 Å². The van der Waals surface area contributed by atoms with Crippen molar-refractivity contribution in [3.63, 3.8) is 0 Å². The zero-order valence-electron chi connectivity index (χ0n) is 12.4. The van der Waals surface area contributed by atoms with E-state index in [-0.39, 0.29) is 11.4 Å². The third-order valence-corrected chi connectivity index (χ3v) is 3.87. The molecule has 4 heteroatoms. The van der Waals surface area contributed by atoms with Crippen LogP contribution in [-0.4, -0.2) is 40.8 Å². The summed E-state index contributed by atoms with van der Waals surface area (Å²) in [5.41, 5.74) is -0.202. The second-order valence-corrected chi connectivity index (χ2v) is 6.60. The number of carbonyl (C=O) groups is 1. The Balaban J connectivity index is 2.49. The van der Waals surface area contributed by atoms with Crippen LogP contribution in [0.3, 0.4) is 0 Å². The maximum atomic E-state index is 12.2. The SMILES string of the molecule is CC1CCCC(C)N1C(=O)NCC(O)C(C)(C)C. The Morgan fingerprint density at radius 3 is 2.28 bits per heavy atom. The molecule has 0 bridgehead atoms. The van der Waals surface area contributed by atoms with E-state index in [2.05, 4.69) is 19.2 Å². The molecule has 0 saturated carbocycles. The van der Waals surface area contributed by atoms with Crippen molar-refractivity contribution in [2.24, 2.45) is 5.41 Å². The number of aliphatic hydroxyl groups is 1. The Kier molecular flexibility index (Phi) is 5.02. The summed E-state index contributed by atoms with van der Waals surface area (Å²) in [5, 5.41) is 12.8. The van der Waals surface area contributed by atoms with Crippen LogP contribution < -0.4 is 5.32 Å². The lowest BCUT2D eigenvalue weighted by Crippen LogP contribution is -2.53. The molecular formula is C14H28N2O2. The summed E-state index contributed by atoms with van der Waals surface area (Å²) in [6, 6.07) is 0.541. The molecule has 0 spiro atoms. The maximum Gasteiger partial charge on any atom is 0.317 e. The molecule has 0 radical (unpaired) electrons. The van der Waals surface area contributed by atoms with Crippen molar-refractivity contribution in [1.82, 2.24) is 10.2 Å². The molecule has 0 aromatic carbocycles. The molecule has 0 aromatic heterocycles. The molecule has 1 fully saturated rings. The van der Waals surface area contributed by atoms with Gasteiger partial charge in [0.15, 0.2) is 0 Å². The Bertz CT molecular complexity index is 276. The number of hydrogen-bond acceptors (Lipinski definition) is 2. The lowest BCUT2D eigenvalue weighted by atomic mass is 9.89. The van der Waals surface area contributed by atoms with Gasteiger partial charge in [-0.2, -0.15) is 0 Å². The van der Waals surface area contributed by atoms with E-state index >= 15 is 0 Å². The smallest absolute Gasteiger partial charge is 0.317 e. The van der Waals surface area contributed by atoms with E-state index in [1.165, 1.54) is 6.42 Å². The number of urea groups is 1. The number of piperidine rings is 1. The normalized spacial score (nSPS) is 26.9. The lowest BCUT2D eigenvalue weighted by Gasteiger charge is -2.39. The van der Waals surface area contributed by atoms with Gasteiger partial charge < -0.3 is 15.3 Å². The number of amides is 2. The largest absolute Gasteiger partial charge is 0.391 e. The minimum atomic E-state index is -0.517. The van der Waals surface area contributed by atoms with Gasteiger partial charge in [-0.15, -0.1) is 0 Å². The highest BCUT2D eigenvalue weighted by atomic mass is 16.3. The summed E-state index contributed by atoms with van der Waals surface area (Å²) in [5.74, 6) is 0. The first-order chi connectivity index (χ1) is 8.23. The van der Waals surface area contributed by atoms with Crippen molar-refractivity contribution in [2.75, 3.05) is 6.54 Å². The average Bonchev–Trinajstić information content (AvgIpc) is 2.24. The Labute approximate surface area is 111 Å². The molecule has 1 rings (SSSR count). The highest BCUT2D eigenvalue weighted by Gasteiger charge is 2.30. The zero-order valence-corrected chi connectivity index (χ0v) is 12.4. The predicted molar refractivity (Wildman–Crippen MR) is 73.5 cm³/mol. The first-order valence-electron chi connectivity index (χ1n) is 6.97. The van der Waals surface area contributed by atoms with Crippen molar-refractivity contribution in [1.29, 1.82) is 0 Å². The van der Waals surface area contributed by atoms with Crippen molar-refractivity contribution in [3.05, 3.63) is 0 Å². The molecule has 2 amide bonds. The summed E-state index contributed by atoms with van der Waals surface area (Å²) in [6.07, 6.45) is 2.81. The van der Waals surface area contributed by atoms with Crippen molar-refractivity contribution in [2.45, 2.75) is 72.1 Å². The van der Waals surface area contributed by atoms with E-state index in [1.807, 2.05) is 25.7 Å². The van der Waals surface area contributed by atoms with Gasteiger partial charge in [0, 0.05) is 18.6 Å². The van der Waals surface area contributed by atoms with E-state index < -0.39 is 6.10 Å². The fourth-order valence-corrected chi connectivity index (χ4v) is 2.40. The van der Waals surface area contributed by atoms with Gasteiger partial charge in [-0.1, -0.05) is 20.8 Å². The standard InChI is InChI=1S/C14H28N2O2/c1-10-7-6-8-11(2)16(10)13(18)15-9-12(17)14(3,4)5/h10-12,17H,6-9H2,1-5H3,(H,15,18). The number of likely N-dealkylation sites (tertiary alicyclic amines) is 1. The van der Waals surface area contributed by atoms with Crippen LogP contribution >= 0.6 is 0 Å². The highest BCUT2D eigenvalue weighted by molar-refractivity contribution is 5.75. The molecule has 0 aromatic rings. The summed E-state index contributed by atoms with van der Waals surface area (Å²) in [6.45, 7) is 10.4. The third kappa shape index (κ3) is 3.87. The highest BCUT2D eigenvalue weighted by Crippen LogP contribution is 2.23. The fourth-order valence-electron chi connectivity index (χ4n) is 2.40. The molecule has 0 aliphatic carbocycles. The van der Waals surface area contributed by atoms with E-state index in [0.29, 0.717) is 18.6 Å². The van der Waals surface area contributed by atoms with Crippen LogP contribution in [0.15, 0.2) is 0 Å². The van der Waals surface area contributed by atoms with E-state index in [0.717, 1.165) is 12.8 Å². The van der Waals surface area contributed by atoms with Crippen molar-refractivity contribution < 1.29 is 9.90 Å². The molecule has 4 nitrogen and oxygen atoms in total.